The number of nitrogens with zero attached hydrogens (tertiary/aromatic N) is 1. The molecule has 1 aromatic rings. The van der Waals surface area contributed by atoms with Gasteiger partial charge in [-0.3, -0.25) is 4.79 Å². The number of pyridine rings is 1. The molecule has 4 heteroatoms. The summed E-state index contributed by atoms with van der Waals surface area (Å²) in [6, 6.07) is 3.20. The van der Waals surface area contributed by atoms with Crippen LogP contribution in [0.25, 0.3) is 0 Å². The average Bonchev–Trinajstić information content (AvgIpc) is 2.82. The van der Waals surface area contributed by atoms with Crippen LogP contribution in [0.2, 0.25) is 0 Å². The van der Waals surface area contributed by atoms with Crippen molar-refractivity contribution in [1.82, 2.24) is 10.3 Å². The van der Waals surface area contributed by atoms with Crippen molar-refractivity contribution in [3.05, 3.63) is 29.8 Å². The summed E-state index contributed by atoms with van der Waals surface area (Å²) in [4.78, 5) is 14.9. The summed E-state index contributed by atoms with van der Waals surface area (Å²) in [5.41, 5.74) is 0.0200. The van der Waals surface area contributed by atoms with Gasteiger partial charge in [0.1, 0.15) is 0 Å². The minimum Gasteiger partial charge on any atom is -0.349 e. The summed E-state index contributed by atoms with van der Waals surface area (Å²) in [6.07, 6.45) is 2.31. The molecule has 0 aromatic carbocycles. The Labute approximate surface area is 81.3 Å². The number of hydrogen-bond acceptors (Lipinski definition) is 2. The quantitative estimate of drug-likeness (QED) is 0.722. The summed E-state index contributed by atoms with van der Waals surface area (Å²) in [5, 5.41) is 2.74. The second-order valence-electron chi connectivity index (χ2n) is 3.63. The number of hydrogen-bond donors (Lipinski definition) is 1. The molecule has 14 heavy (non-hydrogen) atoms. The van der Waals surface area contributed by atoms with E-state index in [1.807, 2.05) is 6.92 Å². The molecule has 0 aliphatic heterocycles. The van der Waals surface area contributed by atoms with Crippen molar-refractivity contribution in [3.8, 4) is 0 Å². The number of aromatic nitrogens is 1. The third kappa shape index (κ3) is 1.73. The average molecular weight is 194 g/mol. The van der Waals surface area contributed by atoms with Crippen LogP contribution in [0.15, 0.2) is 18.3 Å². The standard InChI is InChI=1S/C10H11FN2O/c1-6-5-8(6)13-10(14)7-3-2-4-12-9(7)11/h2-4,6,8H,5H2,1H3,(H,13,14). The second kappa shape index (κ2) is 3.36. The first kappa shape index (κ1) is 9.12. The van der Waals surface area contributed by atoms with Gasteiger partial charge in [-0.25, -0.2) is 4.98 Å². The van der Waals surface area contributed by atoms with Gasteiger partial charge >= 0.3 is 0 Å². The molecule has 1 saturated carbocycles. The van der Waals surface area contributed by atoms with Gasteiger partial charge in [0, 0.05) is 12.2 Å². The first-order chi connectivity index (χ1) is 6.68. The van der Waals surface area contributed by atoms with Gasteiger partial charge in [0.25, 0.3) is 5.91 Å². The van der Waals surface area contributed by atoms with Crippen LogP contribution in [-0.2, 0) is 0 Å². The number of nitrogens with one attached hydrogen (secondary N) is 1. The summed E-state index contributed by atoms with van der Waals surface area (Å²) >= 11 is 0. The minimum atomic E-state index is -0.710. The Kier molecular flexibility index (Phi) is 2.19. The lowest BCUT2D eigenvalue weighted by molar-refractivity contribution is 0.0944. The van der Waals surface area contributed by atoms with Gasteiger partial charge in [0.2, 0.25) is 5.95 Å². The highest BCUT2D eigenvalue weighted by atomic mass is 19.1. The van der Waals surface area contributed by atoms with Crippen LogP contribution in [0.4, 0.5) is 4.39 Å². The maximum absolute atomic E-state index is 13.0. The molecule has 0 radical (unpaired) electrons. The van der Waals surface area contributed by atoms with Crippen LogP contribution in [-0.4, -0.2) is 16.9 Å². The van der Waals surface area contributed by atoms with Gasteiger partial charge in [0.15, 0.2) is 0 Å². The Morgan fingerprint density at radius 3 is 3.00 bits per heavy atom. The van der Waals surface area contributed by atoms with E-state index in [-0.39, 0.29) is 17.5 Å². The summed E-state index contributed by atoms with van der Waals surface area (Å²) in [7, 11) is 0. The van der Waals surface area contributed by atoms with Crippen molar-refractivity contribution in [2.75, 3.05) is 0 Å². The third-order valence-corrected chi connectivity index (χ3v) is 2.43. The maximum atomic E-state index is 13.0. The molecule has 1 fully saturated rings. The molecule has 1 N–H and O–H groups in total. The molecule has 1 aliphatic rings. The molecule has 0 saturated heterocycles. The van der Waals surface area contributed by atoms with E-state index >= 15 is 0 Å². The van der Waals surface area contributed by atoms with Crippen molar-refractivity contribution in [3.63, 3.8) is 0 Å². The summed E-state index contributed by atoms with van der Waals surface area (Å²) in [5.74, 6) is -0.568. The van der Waals surface area contributed by atoms with Crippen LogP contribution in [0.3, 0.4) is 0 Å². The van der Waals surface area contributed by atoms with Crippen molar-refractivity contribution in [2.45, 2.75) is 19.4 Å². The van der Waals surface area contributed by atoms with E-state index in [1.165, 1.54) is 12.3 Å². The molecular weight excluding hydrogens is 183 g/mol. The third-order valence-electron chi connectivity index (χ3n) is 2.43. The molecular formula is C10H11FN2O. The number of rotatable bonds is 2. The number of halogens is 1. The Hall–Kier alpha value is -1.45. The van der Waals surface area contributed by atoms with Crippen LogP contribution < -0.4 is 5.32 Å². The predicted molar refractivity (Wildman–Crippen MR) is 49.2 cm³/mol. The fourth-order valence-electron chi connectivity index (χ4n) is 1.32. The monoisotopic (exact) mass is 194 g/mol. The summed E-state index contributed by atoms with van der Waals surface area (Å²) < 4.78 is 13.0. The molecule has 0 bridgehead atoms. The van der Waals surface area contributed by atoms with Crippen LogP contribution >= 0.6 is 0 Å². The zero-order valence-corrected chi connectivity index (χ0v) is 7.83. The highest BCUT2D eigenvalue weighted by molar-refractivity contribution is 5.94. The highest BCUT2D eigenvalue weighted by Gasteiger charge is 2.34. The fraction of sp³-hybridized carbons (Fsp3) is 0.400. The SMILES string of the molecule is CC1CC1NC(=O)c1cccnc1F. The zero-order chi connectivity index (χ0) is 10.1. The number of amides is 1. The van der Waals surface area contributed by atoms with Crippen LogP contribution in [0.1, 0.15) is 23.7 Å². The topological polar surface area (TPSA) is 42.0 Å². The number of carbonyl (C=O) groups is 1. The lowest BCUT2D eigenvalue weighted by Crippen LogP contribution is -2.27. The maximum Gasteiger partial charge on any atom is 0.256 e. The van der Waals surface area contributed by atoms with Gasteiger partial charge < -0.3 is 5.32 Å². The first-order valence-electron chi connectivity index (χ1n) is 4.60. The van der Waals surface area contributed by atoms with Crippen molar-refractivity contribution < 1.29 is 9.18 Å². The normalized spacial score (nSPS) is 24.4. The highest BCUT2D eigenvalue weighted by Crippen LogP contribution is 2.29. The molecule has 1 aliphatic carbocycles. The molecule has 3 nitrogen and oxygen atoms in total. The van der Waals surface area contributed by atoms with Gasteiger partial charge in [-0.1, -0.05) is 6.92 Å². The van der Waals surface area contributed by atoms with E-state index in [2.05, 4.69) is 10.3 Å². The molecule has 2 unspecified atom stereocenters. The Morgan fingerprint density at radius 1 is 1.71 bits per heavy atom. The largest absolute Gasteiger partial charge is 0.349 e. The smallest absolute Gasteiger partial charge is 0.256 e. The van der Waals surface area contributed by atoms with E-state index in [4.69, 9.17) is 0 Å². The predicted octanol–water partition coefficient (Wildman–Crippen LogP) is 1.36. The zero-order valence-electron chi connectivity index (χ0n) is 7.83. The van der Waals surface area contributed by atoms with Crippen molar-refractivity contribution >= 4 is 5.91 Å². The number of carbonyl (C=O) groups excluding carboxylic acids is 1. The van der Waals surface area contributed by atoms with Gasteiger partial charge in [-0.15, -0.1) is 0 Å². The molecule has 74 valence electrons. The van der Waals surface area contributed by atoms with Crippen molar-refractivity contribution in [1.29, 1.82) is 0 Å². The Bertz CT molecular complexity index is 367. The molecule has 0 spiro atoms. The molecule has 2 rings (SSSR count). The van der Waals surface area contributed by atoms with E-state index < -0.39 is 5.95 Å². The van der Waals surface area contributed by atoms with E-state index in [9.17, 15) is 9.18 Å². The Morgan fingerprint density at radius 2 is 2.43 bits per heavy atom. The lowest BCUT2D eigenvalue weighted by Gasteiger charge is -2.03. The van der Waals surface area contributed by atoms with Gasteiger partial charge in [0.05, 0.1) is 5.56 Å². The molecule has 1 aromatic heterocycles. The van der Waals surface area contributed by atoms with E-state index in [0.717, 1.165) is 6.42 Å². The molecule has 1 heterocycles. The fourth-order valence-corrected chi connectivity index (χ4v) is 1.32. The van der Waals surface area contributed by atoms with Gasteiger partial charge in [-0.2, -0.15) is 4.39 Å². The van der Waals surface area contributed by atoms with Crippen LogP contribution in [0.5, 0.6) is 0 Å². The Balaban J connectivity index is 2.07. The van der Waals surface area contributed by atoms with E-state index in [0.29, 0.717) is 5.92 Å². The summed E-state index contributed by atoms with van der Waals surface area (Å²) in [6.45, 7) is 2.05. The second-order valence-corrected chi connectivity index (χ2v) is 3.63. The van der Waals surface area contributed by atoms with Crippen molar-refractivity contribution in [2.24, 2.45) is 5.92 Å². The molecule has 1 amide bonds. The molecule has 2 atom stereocenters. The lowest BCUT2D eigenvalue weighted by atomic mass is 10.2. The van der Waals surface area contributed by atoms with Gasteiger partial charge in [-0.05, 0) is 24.5 Å². The minimum absolute atomic E-state index is 0.0200. The first-order valence-corrected chi connectivity index (χ1v) is 4.60. The van der Waals surface area contributed by atoms with E-state index in [1.54, 1.807) is 6.07 Å². The van der Waals surface area contributed by atoms with Crippen LogP contribution in [0, 0.1) is 11.9 Å².